The summed E-state index contributed by atoms with van der Waals surface area (Å²) in [6.45, 7) is 3.20. The van der Waals surface area contributed by atoms with Gasteiger partial charge in [-0.3, -0.25) is 0 Å². The summed E-state index contributed by atoms with van der Waals surface area (Å²) in [5.41, 5.74) is 3.05. The molecule has 1 unspecified atom stereocenters. The summed E-state index contributed by atoms with van der Waals surface area (Å²) >= 11 is 0. The Morgan fingerprint density at radius 1 is 1.33 bits per heavy atom. The SMILES string of the molecule is CC1C=CN(Cc2ccccc2)C2=C1C(=O)OC2. The van der Waals surface area contributed by atoms with E-state index in [9.17, 15) is 4.79 Å². The Morgan fingerprint density at radius 3 is 2.89 bits per heavy atom. The number of hydrogen-bond acceptors (Lipinski definition) is 3. The molecule has 1 aromatic rings. The maximum absolute atomic E-state index is 11.7. The first-order valence-electron chi connectivity index (χ1n) is 6.15. The van der Waals surface area contributed by atoms with Crippen LogP contribution in [0.15, 0.2) is 53.9 Å². The molecule has 3 heteroatoms. The van der Waals surface area contributed by atoms with E-state index in [1.54, 1.807) is 0 Å². The van der Waals surface area contributed by atoms with Crippen LogP contribution in [0.4, 0.5) is 0 Å². The maximum Gasteiger partial charge on any atom is 0.336 e. The van der Waals surface area contributed by atoms with Gasteiger partial charge in [0, 0.05) is 18.7 Å². The first-order valence-corrected chi connectivity index (χ1v) is 6.15. The molecule has 0 aromatic heterocycles. The van der Waals surface area contributed by atoms with Crippen LogP contribution in [0.1, 0.15) is 12.5 Å². The van der Waals surface area contributed by atoms with Gasteiger partial charge in [-0.25, -0.2) is 4.79 Å². The molecule has 0 saturated carbocycles. The molecule has 0 aliphatic carbocycles. The summed E-state index contributed by atoms with van der Waals surface area (Å²) in [6.07, 6.45) is 4.10. The zero-order valence-electron chi connectivity index (χ0n) is 10.3. The number of carbonyl (C=O) groups is 1. The van der Waals surface area contributed by atoms with Crippen molar-refractivity contribution in [2.45, 2.75) is 13.5 Å². The molecule has 1 aromatic carbocycles. The van der Waals surface area contributed by atoms with Crippen LogP contribution in [-0.2, 0) is 16.1 Å². The number of rotatable bonds is 2. The van der Waals surface area contributed by atoms with Crippen LogP contribution in [0.2, 0.25) is 0 Å². The van der Waals surface area contributed by atoms with Crippen molar-refractivity contribution in [3.8, 4) is 0 Å². The lowest BCUT2D eigenvalue weighted by molar-refractivity contribution is -0.136. The van der Waals surface area contributed by atoms with Crippen LogP contribution in [-0.4, -0.2) is 17.5 Å². The van der Waals surface area contributed by atoms with Crippen molar-refractivity contribution in [3.63, 3.8) is 0 Å². The molecule has 3 nitrogen and oxygen atoms in total. The van der Waals surface area contributed by atoms with E-state index < -0.39 is 0 Å². The highest BCUT2D eigenvalue weighted by Crippen LogP contribution is 2.31. The minimum Gasteiger partial charge on any atom is -0.456 e. The summed E-state index contributed by atoms with van der Waals surface area (Å²) in [6, 6.07) is 10.2. The average Bonchev–Trinajstić information content (AvgIpc) is 2.78. The number of cyclic esters (lactones) is 1. The summed E-state index contributed by atoms with van der Waals surface area (Å²) in [4.78, 5) is 13.8. The van der Waals surface area contributed by atoms with Gasteiger partial charge in [0.05, 0.1) is 11.3 Å². The summed E-state index contributed by atoms with van der Waals surface area (Å²) in [5, 5.41) is 0. The topological polar surface area (TPSA) is 29.5 Å². The Hall–Kier alpha value is -2.03. The van der Waals surface area contributed by atoms with E-state index >= 15 is 0 Å². The highest BCUT2D eigenvalue weighted by Gasteiger charge is 2.33. The fraction of sp³-hybridized carbons (Fsp3) is 0.267. The number of nitrogens with zero attached hydrogens (tertiary/aromatic N) is 1. The lowest BCUT2D eigenvalue weighted by Crippen LogP contribution is -2.23. The van der Waals surface area contributed by atoms with Gasteiger partial charge in [0.15, 0.2) is 0 Å². The molecule has 0 radical (unpaired) electrons. The van der Waals surface area contributed by atoms with Crippen molar-refractivity contribution in [3.05, 3.63) is 59.4 Å². The zero-order chi connectivity index (χ0) is 12.5. The molecule has 1 atom stereocenters. The number of benzene rings is 1. The second-order valence-corrected chi connectivity index (χ2v) is 4.68. The smallest absolute Gasteiger partial charge is 0.336 e. The number of ether oxygens (including phenoxy) is 1. The molecule has 0 fully saturated rings. The minimum absolute atomic E-state index is 0.155. The quantitative estimate of drug-likeness (QED) is 0.745. The maximum atomic E-state index is 11.7. The van der Waals surface area contributed by atoms with Crippen molar-refractivity contribution in [1.29, 1.82) is 0 Å². The highest BCUT2D eigenvalue weighted by molar-refractivity contribution is 5.92. The molecule has 0 saturated heterocycles. The number of hydrogen-bond donors (Lipinski definition) is 0. The van der Waals surface area contributed by atoms with Gasteiger partial charge in [0.1, 0.15) is 6.61 Å². The molecule has 0 spiro atoms. The van der Waals surface area contributed by atoms with Gasteiger partial charge in [-0.2, -0.15) is 0 Å². The van der Waals surface area contributed by atoms with Gasteiger partial charge in [-0.05, 0) is 5.56 Å². The van der Waals surface area contributed by atoms with E-state index in [4.69, 9.17) is 4.74 Å². The second kappa shape index (κ2) is 4.33. The van der Waals surface area contributed by atoms with Crippen LogP contribution in [0, 0.1) is 5.92 Å². The molecule has 3 rings (SSSR count). The molecule has 0 N–H and O–H groups in total. The lowest BCUT2D eigenvalue weighted by Gasteiger charge is -2.26. The third-order valence-electron chi connectivity index (χ3n) is 3.42. The van der Waals surface area contributed by atoms with E-state index in [1.807, 2.05) is 31.2 Å². The van der Waals surface area contributed by atoms with E-state index in [2.05, 4.69) is 23.2 Å². The second-order valence-electron chi connectivity index (χ2n) is 4.68. The Morgan fingerprint density at radius 2 is 2.11 bits per heavy atom. The fourth-order valence-corrected chi connectivity index (χ4v) is 2.44. The molecule has 0 bridgehead atoms. The molecule has 92 valence electrons. The standard InChI is InChI=1S/C15H15NO2/c1-11-7-8-16(9-12-5-3-2-4-6-12)13-10-18-15(17)14(11)13/h2-8,11H,9-10H2,1H3. The largest absolute Gasteiger partial charge is 0.456 e. The van der Waals surface area contributed by atoms with Gasteiger partial charge in [-0.15, -0.1) is 0 Å². The predicted octanol–water partition coefficient (Wildman–Crippen LogP) is 2.46. The molecule has 2 aliphatic rings. The highest BCUT2D eigenvalue weighted by atomic mass is 16.5. The Balaban J connectivity index is 1.87. The third kappa shape index (κ3) is 1.82. The van der Waals surface area contributed by atoms with Crippen LogP contribution in [0.25, 0.3) is 0 Å². The van der Waals surface area contributed by atoms with E-state index in [0.29, 0.717) is 6.61 Å². The van der Waals surface area contributed by atoms with Gasteiger partial charge in [0.25, 0.3) is 0 Å². The molecule has 2 aliphatic heterocycles. The van der Waals surface area contributed by atoms with Crippen molar-refractivity contribution in [1.82, 2.24) is 4.90 Å². The first kappa shape index (κ1) is 11.1. The van der Waals surface area contributed by atoms with Crippen molar-refractivity contribution in [2.75, 3.05) is 6.61 Å². The lowest BCUT2D eigenvalue weighted by atomic mass is 9.97. The number of allylic oxidation sites excluding steroid dienone is 1. The van der Waals surface area contributed by atoms with Gasteiger partial charge in [-0.1, -0.05) is 43.3 Å². The molecule has 0 amide bonds. The van der Waals surface area contributed by atoms with Gasteiger partial charge < -0.3 is 9.64 Å². The van der Waals surface area contributed by atoms with E-state index in [0.717, 1.165) is 17.8 Å². The van der Waals surface area contributed by atoms with Crippen molar-refractivity contribution >= 4 is 5.97 Å². The minimum atomic E-state index is -0.167. The third-order valence-corrected chi connectivity index (χ3v) is 3.42. The molecular weight excluding hydrogens is 226 g/mol. The van der Waals surface area contributed by atoms with E-state index in [-0.39, 0.29) is 11.9 Å². The van der Waals surface area contributed by atoms with E-state index in [1.165, 1.54) is 5.56 Å². The predicted molar refractivity (Wildman–Crippen MR) is 68.3 cm³/mol. The average molecular weight is 241 g/mol. The normalized spacial score (nSPS) is 22.2. The summed E-state index contributed by atoms with van der Waals surface area (Å²) < 4.78 is 5.14. The fourth-order valence-electron chi connectivity index (χ4n) is 2.44. The molecular formula is C15H15NO2. The van der Waals surface area contributed by atoms with Crippen molar-refractivity contribution in [2.24, 2.45) is 5.92 Å². The van der Waals surface area contributed by atoms with Gasteiger partial charge >= 0.3 is 5.97 Å². The van der Waals surface area contributed by atoms with Crippen molar-refractivity contribution < 1.29 is 9.53 Å². The number of esters is 1. The Bertz CT molecular complexity index is 531. The summed E-state index contributed by atoms with van der Waals surface area (Å²) in [5.74, 6) is -0.0121. The van der Waals surface area contributed by atoms with Crippen LogP contribution < -0.4 is 0 Å². The van der Waals surface area contributed by atoms with Gasteiger partial charge in [0.2, 0.25) is 0 Å². The monoisotopic (exact) mass is 241 g/mol. The molecule has 18 heavy (non-hydrogen) atoms. The van der Waals surface area contributed by atoms with Crippen LogP contribution in [0.3, 0.4) is 0 Å². The number of carbonyl (C=O) groups excluding carboxylic acids is 1. The zero-order valence-corrected chi connectivity index (χ0v) is 10.3. The Labute approximate surface area is 106 Å². The van der Waals surface area contributed by atoms with Crippen LogP contribution in [0.5, 0.6) is 0 Å². The summed E-state index contributed by atoms with van der Waals surface area (Å²) in [7, 11) is 0. The Kier molecular flexibility index (Phi) is 2.67. The van der Waals surface area contributed by atoms with Crippen LogP contribution >= 0.6 is 0 Å². The first-order chi connectivity index (χ1) is 8.75. The molecule has 2 heterocycles.